The molecule has 0 aromatic rings. The normalized spacial score (nSPS) is 13.1. The zero-order chi connectivity index (χ0) is 17.0. The number of hydrogen-bond acceptors (Lipinski definition) is 5. The van der Waals surface area contributed by atoms with Gasteiger partial charge in [-0.05, 0) is 12.8 Å². The average Bonchev–Trinajstić information content (AvgIpc) is 2.53. The molecule has 22 heavy (non-hydrogen) atoms. The van der Waals surface area contributed by atoms with Crippen molar-refractivity contribution < 1.29 is 24.9 Å². The summed E-state index contributed by atoms with van der Waals surface area (Å²) in [6.07, 6.45) is 5.22. The highest BCUT2D eigenvalue weighted by atomic mass is 16.4. The molecule has 0 fully saturated rings. The van der Waals surface area contributed by atoms with E-state index in [1.165, 1.54) is 0 Å². The van der Waals surface area contributed by atoms with Crippen LogP contribution in [0.25, 0.3) is 0 Å². The molecule has 1 atom stereocenters. The Morgan fingerprint density at radius 1 is 0.864 bits per heavy atom. The Bertz CT molecular complexity index is 303. The second kappa shape index (κ2) is 11.7. The Morgan fingerprint density at radius 3 is 1.59 bits per heavy atom. The minimum atomic E-state index is -2.45. The summed E-state index contributed by atoms with van der Waals surface area (Å²) in [5, 5.41) is 29.3. The van der Waals surface area contributed by atoms with Crippen molar-refractivity contribution in [2.75, 3.05) is 6.61 Å². The maximum atomic E-state index is 12.2. The summed E-state index contributed by atoms with van der Waals surface area (Å²) in [7, 11) is 0. The molecule has 5 nitrogen and oxygen atoms in total. The van der Waals surface area contributed by atoms with Gasteiger partial charge >= 0.3 is 0 Å². The van der Waals surface area contributed by atoms with E-state index in [9.17, 15) is 19.8 Å². The molecule has 1 unspecified atom stereocenters. The minimum Gasteiger partial charge on any atom is -0.394 e. The van der Waals surface area contributed by atoms with E-state index < -0.39 is 29.9 Å². The molecule has 0 saturated carbocycles. The van der Waals surface area contributed by atoms with Crippen LogP contribution in [0.2, 0.25) is 0 Å². The number of unbranched alkanes of at least 4 members (excludes halogenated alkanes) is 6. The zero-order valence-corrected chi connectivity index (χ0v) is 14.0. The summed E-state index contributed by atoms with van der Waals surface area (Å²) in [5.74, 6) is -1.35. The molecule has 5 heteroatoms. The molecule has 0 amide bonds. The molecule has 3 N–H and O–H groups in total. The molecule has 0 aliphatic carbocycles. The molecular weight excluding hydrogens is 284 g/mol. The summed E-state index contributed by atoms with van der Waals surface area (Å²) >= 11 is 0. The molecular formula is C17H32O5. The SMILES string of the molecule is CCCCCCC(=O)C(O)(C(=O)CCCCCC)C(O)CO. The monoisotopic (exact) mass is 316 g/mol. The second-order valence-corrected chi connectivity index (χ2v) is 5.93. The lowest BCUT2D eigenvalue weighted by Gasteiger charge is -2.29. The van der Waals surface area contributed by atoms with Crippen LogP contribution in [0, 0.1) is 0 Å². The van der Waals surface area contributed by atoms with E-state index in [0.717, 1.165) is 38.5 Å². The molecule has 130 valence electrons. The number of carbonyl (C=O) groups excluding carboxylic acids is 2. The third-order valence-electron chi connectivity index (χ3n) is 4.02. The Kier molecular flexibility index (Phi) is 11.3. The van der Waals surface area contributed by atoms with Gasteiger partial charge in [0.25, 0.3) is 0 Å². The number of hydrogen-bond donors (Lipinski definition) is 3. The molecule has 0 aromatic heterocycles. The molecule has 0 spiro atoms. The number of rotatable bonds is 14. The van der Waals surface area contributed by atoms with E-state index in [4.69, 9.17) is 5.11 Å². The van der Waals surface area contributed by atoms with Crippen molar-refractivity contribution in [3.05, 3.63) is 0 Å². The first-order chi connectivity index (χ1) is 10.4. The van der Waals surface area contributed by atoms with Crippen molar-refractivity contribution in [1.29, 1.82) is 0 Å². The number of aliphatic hydroxyl groups excluding tert-OH is 2. The smallest absolute Gasteiger partial charge is 0.209 e. The van der Waals surface area contributed by atoms with Gasteiger partial charge in [0.05, 0.1) is 6.61 Å². The molecule has 0 bridgehead atoms. The summed E-state index contributed by atoms with van der Waals surface area (Å²) < 4.78 is 0. The predicted octanol–water partition coefficient (Wildman–Crippen LogP) is 2.15. The van der Waals surface area contributed by atoms with E-state index in [0.29, 0.717) is 12.8 Å². The summed E-state index contributed by atoms with van der Waals surface area (Å²) in [5.41, 5.74) is -2.45. The van der Waals surface area contributed by atoms with Gasteiger partial charge in [-0.3, -0.25) is 9.59 Å². The van der Waals surface area contributed by atoms with Crippen molar-refractivity contribution >= 4 is 11.6 Å². The largest absolute Gasteiger partial charge is 0.394 e. The van der Waals surface area contributed by atoms with Crippen LogP contribution in [0.3, 0.4) is 0 Å². The molecule has 0 radical (unpaired) electrons. The van der Waals surface area contributed by atoms with Gasteiger partial charge in [-0.1, -0.05) is 52.4 Å². The van der Waals surface area contributed by atoms with Crippen molar-refractivity contribution in [2.45, 2.75) is 89.8 Å². The number of aliphatic hydroxyl groups is 3. The average molecular weight is 316 g/mol. The lowest BCUT2D eigenvalue weighted by molar-refractivity contribution is -0.166. The Labute approximate surface area is 133 Å². The summed E-state index contributed by atoms with van der Waals surface area (Å²) in [4.78, 5) is 24.4. The lowest BCUT2D eigenvalue weighted by atomic mass is 9.83. The number of ketones is 2. The fourth-order valence-corrected chi connectivity index (χ4v) is 2.47. The fourth-order valence-electron chi connectivity index (χ4n) is 2.47. The van der Waals surface area contributed by atoms with Crippen LogP contribution in [-0.4, -0.2) is 45.2 Å². The third kappa shape index (κ3) is 6.55. The van der Waals surface area contributed by atoms with Gasteiger partial charge in [0.1, 0.15) is 6.10 Å². The Hall–Kier alpha value is -0.780. The molecule has 0 aromatic carbocycles. The predicted molar refractivity (Wildman–Crippen MR) is 85.6 cm³/mol. The van der Waals surface area contributed by atoms with E-state index in [1.54, 1.807) is 0 Å². The van der Waals surface area contributed by atoms with Gasteiger partial charge in [0.15, 0.2) is 11.6 Å². The van der Waals surface area contributed by atoms with E-state index in [1.807, 2.05) is 13.8 Å². The highest BCUT2D eigenvalue weighted by molar-refractivity contribution is 6.10. The summed E-state index contributed by atoms with van der Waals surface area (Å²) in [6, 6.07) is 0. The first kappa shape index (κ1) is 21.2. The van der Waals surface area contributed by atoms with Crippen LogP contribution >= 0.6 is 0 Å². The maximum Gasteiger partial charge on any atom is 0.209 e. The highest BCUT2D eigenvalue weighted by Gasteiger charge is 2.48. The van der Waals surface area contributed by atoms with Crippen molar-refractivity contribution in [2.24, 2.45) is 0 Å². The molecule has 0 rings (SSSR count). The van der Waals surface area contributed by atoms with Crippen LogP contribution < -0.4 is 0 Å². The lowest BCUT2D eigenvalue weighted by Crippen LogP contribution is -2.57. The quantitative estimate of drug-likeness (QED) is 0.337. The topological polar surface area (TPSA) is 94.8 Å². The van der Waals surface area contributed by atoms with E-state index in [2.05, 4.69) is 0 Å². The first-order valence-electron chi connectivity index (χ1n) is 8.52. The van der Waals surface area contributed by atoms with Gasteiger partial charge in [-0.25, -0.2) is 0 Å². The first-order valence-corrected chi connectivity index (χ1v) is 8.52. The third-order valence-corrected chi connectivity index (χ3v) is 4.02. The van der Waals surface area contributed by atoms with E-state index in [-0.39, 0.29) is 12.8 Å². The van der Waals surface area contributed by atoms with Crippen LogP contribution in [0.5, 0.6) is 0 Å². The molecule has 0 aliphatic heterocycles. The minimum absolute atomic E-state index is 0.0499. The van der Waals surface area contributed by atoms with Gasteiger partial charge in [0.2, 0.25) is 5.60 Å². The van der Waals surface area contributed by atoms with E-state index >= 15 is 0 Å². The molecule has 0 heterocycles. The second-order valence-electron chi connectivity index (χ2n) is 5.93. The summed E-state index contributed by atoms with van der Waals surface area (Å²) in [6.45, 7) is 3.29. The van der Waals surface area contributed by atoms with Gasteiger partial charge in [-0.15, -0.1) is 0 Å². The Morgan fingerprint density at radius 2 is 1.27 bits per heavy atom. The van der Waals surface area contributed by atoms with Crippen molar-refractivity contribution in [1.82, 2.24) is 0 Å². The highest BCUT2D eigenvalue weighted by Crippen LogP contribution is 2.21. The van der Waals surface area contributed by atoms with Crippen LogP contribution in [-0.2, 0) is 9.59 Å². The maximum absolute atomic E-state index is 12.2. The standard InChI is InChI=1S/C17H32O5/c1-3-5-7-9-11-14(19)17(22,16(21)13-18)15(20)12-10-8-6-4-2/h16,18,21-22H,3-13H2,1-2H3. The molecule has 0 aliphatic rings. The van der Waals surface area contributed by atoms with Crippen LogP contribution in [0.1, 0.15) is 78.1 Å². The number of Topliss-reactive ketones (excluding diaryl/α,β-unsaturated/α-hetero) is 2. The fraction of sp³-hybridized carbons (Fsp3) is 0.882. The van der Waals surface area contributed by atoms with Gasteiger partial charge in [0, 0.05) is 12.8 Å². The van der Waals surface area contributed by atoms with Crippen molar-refractivity contribution in [3.8, 4) is 0 Å². The zero-order valence-electron chi connectivity index (χ0n) is 14.0. The van der Waals surface area contributed by atoms with Gasteiger partial charge < -0.3 is 15.3 Å². The molecule has 0 saturated heterocycles. The van der Waals surface area contributed by atoms with Crippen molar-refractivity contribution in [3.63, 3.8) is 0 Å². The number of carbonyl (C=O) groups is 2. The van der Waals surface area contributed by atoms with Crippen LogP contribution in [0.4, 0.5) is 0 Å². The Balaban J connectivity index is 4.68. The van der Waals surface area contributed by atoms with Gasteiger partial charge in [-0.2, -0.15) is 0 Å². The van der Waals surface area contributed by atoms with Crippen LogP contribution in [0.15, 0.2) is 0 Å².